The molecule has 0 heterocycles. The first-order valence-corrected chi connectivity index (χ1v) is 13.7. The van der Waals surface area contributed by atoms with E-state index in [1.54, 1.807) is 0 Å². The average Bonchev–Trinajstić information content (AvgIpc) is 2.85. The predicted molar refractivity (Wildman–Crippen MR) is 146 cm³/mol. The quantitative estimate of drug-likeness (QED) is 0.0388. The van der Waals surface area contributed by atoms with Crippen LogP contribution in [0.1, 0.15) is 51.4 Å². The van der Waals surface area contributed by atoms with Crippen LogP contribution >= 0.6 is 11.8 Å². The fourth-order valence-corrected chi connectivity index (χ4v) is 3.76. The number of carbonyl (C=O) groups is 5. The number of thioether (sulfide) groups is 1. The highest BCUT2D eigenvalue weighted by Crippen LogP contribution is 2.07. The fourth-order valence-electron chi connectivity index (χ4n) is 3.28. The van der Waals surface area contributed by atoms with Gasteiger partial charge < -0.3 is 49.7 Å². The minimum absolute atomic E-state index is 0.0878. The van der Waals surface area contributed by atoms with Gasteiger partial charge in [-0.1, -0.05) is 0 Å². The monoisotopic (exact) mass is 561 g/mol. The first kappa shape index (κ1) is 34.9. The van der Waals surface area contributed by atoms with E-state index in [0.717, 1.165) is 0 Å². The smallest absolute Gasteiger partial charge is 0.326 e. The second-order valence-electron chi connectivity index (χ2n) is 8.65. The van der Waals surface area contributed by atoms with Crippen molar-refractivity contribution < 1.29 is 29.1 Å². The molecular formula is C22H43N9O6S. The third-order valence-corrected chi connectivity index (χ3v) is 6.07. The molecule has 38 heavy (non-hydrogen) atoms. The molecule has 218 valence electrons. The van der Waals surface area contributed by atoms with Crippen molar-refractivity contribution in [2.45, 2.75) is 75.5 Å². The van der Waals surface area contributed by atoms with Crippen LogP contribution in [0.3, 0.4) is 0 Å². The molecule has 0 aliphatic rings. The van der Waals surface area contributed by atoms with Gasteiger partial charge in [0, 0.05) is 13.0 Å². The van der Waals surface area contributed by atoms with E-state index < -0.39 is 53.8 Å². The summed E-state index contributed by atoms with van der Waals surface area (Å²) in [6.07, 6.45) is 3.55. The molecule has 0 saturated heterocycles. The minimum Gasteiger partial charge on any atom is -0.480 e. The van der Waals surface area contributed by atoms with Gasteiger partial charge in [0.25, 0.3) is 0 Å². The molecule has 0 rings (SSSR count). The molecule has 0 spiro atoms. The number of carboxylic acids is 1. The summed E-state index contributed by atoms with van der Waals surface area (Å²) in [6.45, 7) is 0.634. The van der Waals surface area contributed by atoms with Crippen LogP contribution in [-0.4, -0.2) is 89.9 Å². The summed E-state index contributed by atoms with van der Waals surface area (Å²) >= 11 is 1.43. The van der Waals surface area contributed by atoms with Gasteiger partial charge in [-0.3, -0.25) is 24.2 Å². The lowest BCUT2D eigenvalue weighted by atomic mass is 10.0. The van der Waals surface area contributed by atoms with Crippen molar-refractivity contribution in [1.82, 2.24) is 16.0 Å². The Morgan fingerprint density at radius 3 is 1.92 bits per heavy atom. The Bertz CT molecular complexity index is 810. The van der Waals surface area contributed by atoms with Crippen molar-refractivity contribution in [3.05, 3.63) is 0 Å². The number of guanidine groups is 1. The second-order valence-corrected chi connectivity index (χ2v) is 9.63. The maximum Gasteiger partial charge on any atom is 0.326 e. The van der Waals surface area contributed by atoms with Crippen molar-refractivity contribution in [1.29, 1.82) is 0 Å². The van der Waals surface area contributed by atoms with E-state index in [1.807, 2.05) is 6.26 Å². The number of rotatable bonds is 21. The van der Waals surface area contributed by atoms with Crippen molar-refractivity contribution in [2.24, 2.45) is 33.7 Å². The van der Waals surface area contributed by atoms with Gasteiger partial charge in [0.1, 0.15) is 18.1 Å². The van der Waals surface area contributed by atoms with E-state index in [1.165, 1.54) is 11.8 Å². The number of carboxylic acid groups (broad SMARTS) is 1. The van der Waals surface area contributed by atoms with E-state index in [0.29, 0.717) is 31.6 Å². The van der Waals surface area contributed by atoms with Crippen LogP contribution < -0.4 is 44.6 Å². The van der Waals surface area contributed by atoms with E-state index in [9.17, 15) is 29.1 Å². The molecule has 0 saturated carbocycles. The van der Waals surface area contributed by atoms with E-state index in [2.05, 4.69) is 20.9 Å². The highest BCUT2D eigenvalue weighted by molar-refractivity contribution is 7.98. The SMILES string of the molecule is CSCCC(NC(=O)C(CCCCN)NC(=O)C(CCC(N)=O)NC(=O)C(N)CCCN=C(N)N)C(=O)O. The molecule has 16 heteroatoms. The predicted octanol–water partition coefficient (Wildman–Crippen LogP) is -2.95. The number of nitrogens with zero attached hydrogens (tertiary/aromatic N) is 1. The van der Waals surface area contributed by atoms with Crippen LogP contribution in [0.4, 0.5) is 0 Å². The molecule has 4 atom stereocenters. The van der Waals surface area contributed by atoms with Gasteiger partial charge in [-0.25, -0.2) is 4.79 Å². The van der Waals surface area contributed by atoms with Gasteiger partial charge in [-0.05, 0) is 63.5 Å². The zero-order valence-corrected chi connectivity index (χ0v) is 22.6. The molecule has 14 N–H and O–H groups in total. The lowest BCUT2D eigenvalue weighted by Gasteiger charge is -2.25. The van der Waals surface area contributed by atoms with Crippen LogP contribution in [0, 0.1) is 0 Å². The average molecular weight is 562 g/mol. The van der Waals surface area contributed by atoms with Crippen molar-refractivity contribution in [2.75, 3.05) is 25.1 Å². The summed E-state index contributed by atoms with van der Waals surface area (Å²) in [7, 11) is 0. The van der Waals surface area contributed by atoms with E-state index >= 15 is 0 Å². The molecular weight excluding hydrogens is 518 g/mol. The van der Waals surface area contributed by atoms with Crippen molar-refractivity contribution >= 4 is 47.3 Å². The number of amides is 4. The Morgan fingerprint density at radius 1 is 0.816 bits per heavy atom. The molecule has 0 aliphatic carbocycles. The Kier molecular flexibility index (Phi) is 18.3. The first-order valence-electron chi connectivity index (χ1n) is 12.3. The normalized spacial score (nSPS) is 13.9. The van der Waals surface area contributed by atoms with Gasteiger partial charge in [-0.2, -0.15) is 11.8 Å². The maximum absolute atomic E-state index is 13.1. The van der Waals surface area contributed by atoms with Gasteiger partial charge in [-0.15, -0.1) is 0 Å². The summed E-state index contributed by atoms with van der Waals surface area (Å²) in [5.74, 6) is -3.53. The molecule has 0 aromatic rings. The number of aliphatic imine (C=N–C) groups is 1. The molecule has 4 amide bonds. The number of carbonyl (C=O) groups excluding carboxylic acids is 4. The highest BCUT2D eigenvalue weighted by atomic mass is 32.2. The maximum atomic E-state index is 13.1. The Hall–Kier alpha value is -3.11. The van der Waals surface area contributed by atoms with Gasteiger partial charge in [0.05, 0.1) is 6.04 Å². The molecule has 0 aromatic heterocycles. The van der Waals surface area contributed by atoms with Crippen LogP contribution in [0.2, 0.25) is 0 Å². The number of unbranched alkanes of at least 4 members (excludes halogenated alkanes) is 1. The van der Waals surface area contributed by atoms with Crippen LogP contribution in [0.25, 0.3) is 0 Å². The molecule has 0 aliphatic heterocycles. The number of nitrogens with two attached hydrogens (primary N) is 5. The van der Waals surface area contributed by atoms with Crippen LogP contribution in [0.15, 0.2) is 4.99 Å². The number of primary amides is 1. The lowest BCUT2D eigenvalue weighted by Crippen LogP contribution is -2.57. The zero-order valence-electron chi connectivity index (χ0n) is 21.8. The zero-order chi connectivity index (χ0) is 29.1. The van der Waals surface area contributed by atoms with Crippen molar-refractivity contribution in [3.8, 4) is 0 Å². The molecule has 0 fully saturated rings. The topological polar surface area (TPSA) is 284 Å². The number of hydrogen-bond acceptors (Lipinski definition) is 9. The van der Waals surface area contributed by atoms with E-state index in [4.69, 9.17) is 28.7 Å². The molecule has 0 bridgehead atoms. The van der Waals surface area contributed by atoms with Crippen molar-refractivity contribution in [3.63, 3.8) is 0 Å². The molecule has 0 aromatic carbocycles. The third-order valence-electron chi connectivity index (χ3n) is 5.42. The number of nitrogens with one attached hydrogen (secondary N) is 3. The summed E-state index contributed by atoms with van der Waals surface area (Å²) < 4.78 is 0. The van der Waals surface area contributed by atoms with E-state index in [-0.39, 0.29) is 44.6 Å². The summed E-state index contributed by atoms with van der Waals surface area (Å²) in [5, 5.41) is 17.0. The Balaban J connectivity index is 5.48. The summed E-state index contributed by atoms with van der Waals surface area (Å²) in [5.41, 5.74) is 27.2. The molecule has 4 unspecified atom stereocenters. The largest absolute Gasteiger partial charge is 0.480 e. The van der Waals surface area contributed by atoms with Gasteiger partial charge in [0.15, 0.2) is 5.96 Å². The Labute approximate surface area is 226 Å². The standard InChI is InChI=1S/C22H43N9O6S/c1-38-12-9-16(21(36)37)31-19(34)14(6-2-3-10-23)30-20(35)15(7-8-17(25)32)29-18(33)13(24)5-4-11-28-22(26)27/h13-16H,2-12,23-24H2,1H3,(H2,25,32)(H,29,33)(H,30,35)(H,31,34)(H,36,37)(H4,26,27,28). The third kappa shape index (κ3) is 15.9. The first-order chi connectivity index (χ1) is 17.9. The van der Waals surface area contributed by atoms with Gasteiger partial charge in [0.2, 0.25) is 23.6 Å². The number of aliphatic carboxylic acids is 1. The second kappa shape index (κ2) is 19.9. The fraction of sp³-hybridized carbons (Fsp3) is 0.727. The lowest BCUT2D eigenvalue weighted by molar-refractivity contribution is -0.142. The Morgan fingerprint density at radius 2 is 1.39 bits per heavy atom. The summed E-state index contributed by atoms with van der Waals surface area (Å²) in [4.78, 5) is 65.3. The highest BCUT2D eigenvalue weighted by Gasteiger charge is 2.30. The molecule has 0 radical (unpaired) electrons. The number of hydrogen-bond donors (Lipinski definition) is 9. The molecule has 15 nitrogen and oxygen atoms in total. The van der Waals surface area contributed by atoms with Crippen LogP contribution in [0.5, 0.6) is 0 Å². The van der Waals surface area contributed by atoms with Crippen LogP contribution in [-0.2, 0) is 24.0 Å². The van der Waals surface area contributed by atoms with Gasteiger partial charge >= 0.3 is 5.97 Å². The minimum atomic E-state index is -1.21. The summed E-state index contributed by atoms with van der Waals surface area (Å²) in [6, 6.07) is -4.42.